The van der Waals surface area contributed by atoms with E-state index in [1.165, 1.54) is 83.7 Å². The summed E-state index contributed by atoms with van der Waals surface area (Å²) in [6, 6.07) is 0. The summed E-state index contributed by atoms with van der Waals surface area (Å²) in [5.74, 6) is 0. The van der Waals surface area contributed by atoms with Crippen molar-refractivity contribution in [3.8, 4) is 0 Å². The van der Waals surface area contributed by atoms with Gasteiger partial charge in [0.2, 0.25) is 0 Å². The summed E-state index contributed by atoms with van der Waals surface area (Å²) in [6.07, 6.45) is 17.7. The molecular formula is C18H36N2. The molecule has 0 atom stereocenters. The van der Waals surface area contributed by atoms with Gasteiger partial charge in [-0.1, -0.05) is 51.5 Å². The molecule has 0 fully saturated rings. The van der Waals surface area contributed by atoms with Crippen LogP contribution in [0.5, 0.6) is 0 Å². The molecule has 118 valence electrons. The Morgan fingerprint density at radius 2 is 1.70 bits per heavy atom. The third-order valence-corrected chi connectivity index (χ3v) is 4.34. The number of nitrogens with one attached hydrogen (secondary N) is 1. The van der Waals surface area contributed by atoms with Gasteiger partial charge in [0.15, 0.2) is 0 Å². The molecule has 0 unspecified atom stereocenters. The summed E-state index contributed by atoms with van der Waals surface area (Å²) >= 11 is 0. The number of unbranched alkanes of at least 4 members (excludes halogenated alkanes) is 1. The van der Waals surface area contributed by atoms with Gasteiger partial charge in [-0.3, -0.25) is 0 Å². The smallest absolute Gasteiger partial charge is 0.0300 e. The predicted molar refractivity (Wildman–Crippen MR) is 90.0 cm³/mol. The van der Waals surface area contributed by atoms with Gasteiger partial charge in [-0.05, 0) is 39.2 Å². The molecule has 0 aromatic carbocycles. The minimum atomic E-state index is 1.10. The minimum absolute atomic E-state index is 1.10. The summed E-state index contributed by atoms with van der Waals surface area (Å²) in [7, 11) is 2.06. The maximum Gasteiger partial charge on any atom is 0.0300 e. The second kappa shape index (κ2) is 12.3. The van der Waals surface area contributed by atoms with Crippen LogP contribution in [0.15, 0.2) is 11.8 Å². The SMILES string of the molecule is CCCCN(CCNC)/C1=C/CCCCCCCCC1. The molecule has 0 spiro atoms. The quantitative estimate of drug-likeness (QED) is 0.726. The average Bonchev–Trinajstić information content (AvgIpc) is 2.53. The average molecular weight is 280 g/mol. The van der Waals surface area contributed by atoms with Crippen LogP contribution in [0.2, 0.25) is 0 Å². The first-order chi connectivity index (χ1) is 9.88. The van der Waals surface area contributed by atoms with Crippen molar-refractivity contribution in [2.75, 3.05) is 26.7 Å². The van der Waals surface area contributed by atoms with Crippen molar-refractivity contribution in [1.29, 1.82) is 0 Å². The zero-order valence-electron chi connectivity index (χ0n) is 13.9. The van der Waals surface area contributed by atoms with Crippen LogP contribution >= 0.6 is 0 Å². The van der Waals surface area contributed by atoms with Crippen molar-refractivity contribution >= 4 is 0 Å². The Balaban J connectivity index is 2.57. The highest BCUT2D eigenvalue weighted by molar-refractivity contribution is 5.02. The van der Waals surface area contributed by atoms with Crippen LogP contribution in [0.25, 0.3) is 0 Å². The van der Waals surface area contributed by atoms with Gasteiger partial charge in [-0.25, -0.2) is 0 Å². The van der Waals surface area contributed by atoms with E-state index in [1.54, 1.807) is 5.70 Å². The molecule has 0 aliphatic heterocycles. The van der Waals surface area contributed by atoms with Crippen LogP contribution in [0.1, 0.15) is 77.6 Å². The lowest BCUT2D eigenvalue weighted by Gasteiger charge is -2.28. The van der Waals surface area contributed by atoms with Crippen molar-refractivity contribution < 1.29 is 0 Å². The van der Waals surface area contributed by atoms with Gasteiger partial charge < -0.3 is 10.2 Å². The lowest BCUT2D eigenvalue weighted by Crippen LogP contribution is -2.31. The predicted octanol–water partition coefficient (Wildman–Crippen LogP) is 4.72. The molecule has 0 bridgehead atoms. The molecule has 2 nitrogen and oxygen atoms in total. The summed E-state index contributed by atoms with van der Waals surface area (Å²) in [5, 5.41) is 3.31. The van der Waals surface area contributed by atoms with Crippen molar-refractivity contribution in [2.24, 2.45) is 0 Å². The fourth-order valence-electron chi connectivity index (χ4n) is 2.99. The Kier molecular flexibility index (Phi) is 10.8. The van der Waals surface area contributed by atoms with Gasteiger partial charge in [0.05, 0.1) is 0 Å². The van der Waals surface area contributed by atoms with Gasteiger partial charge in [0.1, 0.15) is 0 Å². The Bertz CT molecular complexity index is 240. The van der Waals surface area contributed by atoms with Gasteiger partial charge in [0.25, 0.3) is 0 Å². The van der Waals surface area contributed by atoms with E-state index in [4.69, 9.17) is 0 Å². The lowest BCUT2D eigenvalue weighted by molar-refractivity contribution is 0.322. The third kappa shape index (κ3) is 7.94. The number of hydrogen-bond acceptors (Lipinski definition) is 2. The highest BCUT2D eigenvalue weighted by Crippen LogP contribution is 2.19. The van der Waals surface area contributed by atoms with Crippen LogP contribution in [0.3, 0.4) is 0 Å². The fraction of sp³-hybridized carbons (Fsp3) is 0.889. The van der Waals surface area contributed by atoms with Crippen molar-refractivity contribution in [3.05, 3.63) is 11.8 Å². The van der Waals surface area contributed by atoms with Gasteiger partial charge in [0, 0.05) is 25.3 Å². The number of nitrogens with zero attached hydrogens (tertiary/aromatic N) is 1. The van der Waals surface area contributed by atoms with Gasteiger partial charge >= 0.3 is 0 Å². The Labute approximate surface area is 127 Å². The standard InChI is InChI=1S/C18H36N2/c1-3-4-16-20(17-15-19-2)18-13-11-9-7-5-6-8-10-12-14-18/h13,19H,3-12,14-17H2,1-2H3/b18-13+. The summed E-state index contributed by atoms with van der Waals surface area (Å²) < 4.78 is 0. The van der Waals surface area contributed by atoms with Crippen molar-refractivity contribution in [1.82, 2.24) is 10.2 Å². The molecular weight excluding hydrogens is 244 g/mol. The normalized spacial score (nSPS) is 20.8. The molecule has 0 aromatic heterocycles. The number of allylic oxidation sites excluding steroid dienone is 2. The summed E-state index contributed by atoms with van der Waals surface area (Å²) in [5.41, 5.74) is 1.63. The second-order valence-electron chi connectivity index (χ2n) is 6.15. The Hall–Kier alpha value is -0.500. The lowest BCUT2D eigenvalue weighted by atomic mass is 10.1. The van der Waals surface area contributed by atoms with Crippen molar-refractivity contribution in [2.45, 2.75) is 77.6 Å². The third-order valence-electron chi connectivity index (χ3n) is 4.34. The van der Waals surface area contributed by atoms with Crippen LogP contribution in [-0.4, -0.2) is 31.6 Å². The Morgan fingerprint density at radius 1 is 1.00 bits per heavy atom. The monoisotopic (exact) mass is 280 g/mol. The number of hydrogen-bond donors (Lipinski definition) is 1. The first-order valence-corrected chi connectivity index (χ1v) is 8.97. The first-order valence-electron chi connectivity index (χ1n) is 8.97. The molecule has 1 aliphatic carbocycles. The molecule has 1 rings (SSSR count). The van der Waals surface area contributed by atoms with E-state index < -0.39 is 0 Å². The molecule has 1 aliphatic rings. The minimum Gasteiger partial charge on any atom is -0.374 e. The molecule has 0 heterocycles. The largest absolute Gasteiger partial charge is 0.374 e. The molecule has 0 saturated heterocycles. The molecule has 0 aromatic rings. The topological polar surface area (TPSA) is 15.3 Å². The fourth-order valence-corrected chi connectivity index (χ4v) is 2.99. The van der Waals surface area contributed by atoms with Crippen LogP contribution in [-0.2, 0) is 0 Å². The highest BCUT2D eigenvalue weighted by Gasteiger charge is 2.09. The van der Waals surface area contributed by atoms with E-state index >= 15 is 0 Å². The van der Waals surface area contributed by atoms with E-state index in [-0.39, 0.29) is 0 Å². The Morgan fingerprint density at radius 3 is 2.40 bits per heavy atom. The first kappa shape index (κ1) is 17.6. The van der Waals surface area contributed by atoms with E-state index in [2.05, 4.69) is 30.3 Å². The van der Waals surface area contributed by atoms with Gasteiger partial charge in [-0.15, -0.1) is 0 Å². The second-order valence-corrected chi connectivity index (χ2v) is 6.15. The molecule has 0 amide bonds. The zero-order valence-corrected chi connectivity index (χ0v) is 13.9. The number of likely N-dealkylation sites (N-methyl/N-ethyl adjacent to an activating group) is 1. The van der Waals surface area contributed by atoms with E-state index in [0.29, 0.717) is 0 Å². The van der Waals surface area contributed by atoms with Crippen LogP contribution < -0.4 is 5.32 Å². The molecule has 0 saturated carbocycles. The molecule has 20 heavy (non-hydrogen) atoms. The van der Waals surface area contributed by atoms with Crippen LogP contribution in [0, 0.1) is 0 Å². The van der Waals surface area contributed by atoms with Gasteiger partial charge in [-0.2, -0.15) is 0 Å². The van der Waals surface area contributed by atoms with Crippen LogP contribution in [0.4, 0.5) is 0 Å². The molecule has 0 radical (unpaired) electrons. The summed E-state index contributed by atoms with van der Waals surface area (Å²) in [6.45, 7) is 5.80. The maximum absolute atomic E-state index is 3.31. The van der Waals surface area contributed by atoms with Crippen molar-refractivity contribution in [3.63, 3.8) is 0 Å². The highest BCUT2D eigenvalue weighted by atomic mass is 15.1. The molecule has 2 heteroatoms. The number of rotatable bonds is 7. The molecule has 1 N–H and O–H groups in total. The van der Waals surface area contributed by atoms with E-state index in [0.717, 1.165) is 6.54 Å². The van der Waals surface area contributed by atoms with E-state index in [9.17, 15) is 0 Å². The zero-order chi connectivity index (χ0) is 14.5. The maximum atomic E-state index is 3.31. The summed E-state index contributed by atoms with van der Waals surface area (Å²) in [4.78, 5) is 2.65. The van der Waals surface area contributed by atoms with E-state index in [1.807, 2.05) is 0 Å².